The molecule has 2 saturated heterocycles. The highest BCUT2D eigenvalue weighted by Crippen LogP contribution is 2.20. The Morgan fingerprint density at radius 1 is 1.04 bits per heavy atom. The maximum Gasteiger partial charge on any atom is 0.282 e. The second-order valence-corrected chi connectivity index (χ2v) is 9.36. The lowest BCUT2D eigenvalue weighted by atomic mass is 10.2. The average molecular weight is 372 g/mol. The molecule has 2 fully saturated rings. The monoisotopic (exact) mass is 371 g/mol. The third-order valence-corrected chi connectivity index (χ3v) is 7.79. The van der Waals surface area contributed by atoms with Gasteiger partial charge in [-0.15, -0.1) is 11.3 Å². The first-order valence-electron chi connectivity index (χ1n) is 8.53. The van der Waals surface area contributed by atoms with E-state index in [0.717, 1.165) is 49.3 Å². The third kappa shape index (κ3) is 4.05. The van der Waals surface area contributed by atoms with Gasteiger partial charge in [-0.2, -0.15) is 17.0 Å². The molecule has 0 N–H and O–H groups in total. The lowest BCUT2D eigenvalue weighted by Gasteiger charge is -2.26. The van der Waals surface area contributed by atoms with Crippen LogP contribution in [0.4, 0.5) is 0 Å². The first-order chi connectivity index (χ1) is 11.5. The molecule has 0 unspecified atom stereocenters. The summed E-state index contributed by atoms with van der Waals surface area (Å²) in [5, 5.41) is 2.03. The van der Waals surface area contributed by atoms with Crippen LogP contribution in [0.5, 0.6) is 0 Å². The Labute approximate surface area is 148 Å². The van der Waals surface area contributed by atoms with Gasteiger partial charge in [0.2, 0.25) is 0 Å². The van der Waals surface area contributed by atoms with Crippen LogP contribution in [-0.2, 0) is 16.8 Å². The van der Waals surface area contributed by atoms with Gasteiger partial charge in [0.1, 0.15) is 0 Å². The van der Waals surface area contributed by atoms with Crippen LogP contribution in [0.25, 0.3) is 0 Å². The molecule has 3 rings (SSSR count). The molecule has 2 aliphatic rings. The number of carbonyl (C=O) groups excluding carboxylic acids is 1. The molecule has 24 heavy (non-hydrogen) atoms. The summed E-state index contributed by atoms with van der Waals surface area (Å²) in [6.07, 6.45) is 2.78. The SMILES string of the molecule is CC(=O)c1cc(CN2CCCN(S(=O)(=O)N3CCCC3)CC2)cs1. The van der Waals surface area contributed by atoms with Crippen LogP contribution in [0, 0.1) is 0 Å². The van der Waals surface area contributed by atoms with Crippen LogP contribution in [0.3, 0.4) is 0 Å². The van der Waals surface area contributed by atoms with Crippen molar-refractivity contribution in [2.24, 2.45) is 0 Å². The Kier molecular flexibility index (Phi) is 5.71. The standard InChI is InChI=1S/C16H25N3O3S2/c1-14(20)16-11-15(13-23-16)12-17-5-4-8-19(10-9-17)24(21,22)18-6-2-3-7-18/h11,13H,2-10,12H2,1H3. The van der Waals surface area contributed by atoms with Crippen molar-refractivity contribution in [1.29, 1.82) is 0 Å². The Hall–Kier alpha value is -0.800. The second kappa shape index (κ2) is 7.61. The van der Waals surface area contributed by atoms with Crippen LogP contribution < -0.4 is 0 Å². The van der Waals surface area contributed by atoms with Gasteiger partial charge in [-0.1, -0.05) is 0 Å². The van der Waals surface area contributed by atoms with Crippen molar-refractivity contribution in [2.45, 2.75) is 32.7 Å². The maximum atomic E-state index is 12.7. The predicted octanol–water partition coefficient (Wildman–Crippen LogP) is 1.80. The Morgan fingerprint density at radius 3 is 2.38 bits per heavy atom. The van der Waals surface area contributed by atoms with Gasteiger partial charge in [-0.25, -0.2) is 0 Å². The zero-order chi connectivity index (χ0) is 17.2. The molecule has 0 spiro atoms. The number of nitrogens with zero attached hydrogens (tertiary/aromatic N) is 3. The van der Waals surface area contributed by atoms with E-state index in [9.17, 15) is 13.2 Å². The van der Waals surface area contributed by atoms with Gasteiger partial charge in [0.25, 0.3) is 10.2 Å². The normalized spacial score (nSPS) is 21.9. The first-order valence-corrected chi connectivity index (χ1v) is 10.8. The van der Waals surface area contributed by atoms with Crippen molar-refractivity contribution >= 4 is 27.3 Å². The van der Waals surface area contributed by atoms with Gasteiger partial charge < -0.3 is 0 Å². The molecule has 3 heterocycles. The molecular weight excluding hydrogens is 346 g/mol. The van der Waals surface area contributed by atoms with Crippen LogP contribution >= 0.6 is 11.3 Å². The molecule has 0 atom stereocenters. The van der Waals surface area contributed by atoms with Gasteiger partial charge >= 0.3 is 0 Å². The first kappa shape index (κ1) is 18.0. The summed E-state index contributed by atoms with van der Waals surface area (Å²) in [6.45, 7) is 6.44. The van der Waals surface area contributed by atoms with E-state index < -0.39 is 10.2 Å². The van der Waals surface area contributed by atoms with E-state index in [-0.39, 0.29) is 5.78 Å². The van der Waals surface area contributed by atoms with Crippen LogP contribution in [0.1, 0.15) is 41.4 Å². The summed E-state index contributed by atoms with van der Waals surface area (Å²) in [6, 6.07) is 1.95. The summed E-state index contributed by atoms with van der Waals surface area (Å²) in [7, 11) is -3.29. The highest BCUT2D eigenvalue weighted by molar-refractivity contribution is 7.86. The van der Waals surface area contributed by atoms with Crippen LogP contribution in [0.2, 0.25) is 0 Å². The van der Waals surface area contributed by atoms with Crippen molar-refractivity contribution in [3.8, 4) is 0 Å². The van der Waals surface area contributed by atoms with Gasteiger partial charge in [-0.3, -0.25) is 9.69 Å². The number of thiophene rings is 1. The highest BCUT2D eigenvalue weighted by atomic mass is 32.2. The lowest BCUT2D eigenvalue weighted by Crippen LogP contribution is -2.44. The molecule has 8 heteroatoms. The topological polar surface area (TPSA) is 60.9 Å². The molecule has 0 saturated carbocycles. The zero-order valence-corrected chi connectivity index (χ0v) is 15.7. The molecule has 0 aliphatic carbocycles. The largest absolute Gasteiger partial charge is 0.298 e. The molecule has 0 radical (unpaired) electrons. The van der Waals surface area contributed by atoms with Crippen LogP contribution in [0.15, 0.2) is 11.4 Å². The number of hydrogen-bond donors (Lipinski definition) is 0. The molecule has 0 bridgehead atoms. The smallest absolute Gasteiger partial charge is 0.282 e. The summed E-state index contributed by atoms with van der Waals surface area (Å²) in [5.74, 6) is 0.102. The third-order valence-electron chi connectivity index (χ3n) is 4.67. The molecule has 0 amide bonds. The number of carbonyl (C=O) groups is 1. The van der Waals surface area contributed by atoms with Crippen molar-refractivity contribution < 1.29 is 13.2 Å². The minimum atomic E-state index is -3.29. The molecule has 2 aliphatic heterocycles. The van der Waals surface area contributed by atoms with Gasteiger partial charge in [0, 0.05) is 39.3 Å². The maximum absolute atomic E-state index is 12.7. The average Bonchev–Trinajstić information content (AvgIpc) is 3.17. The Bertz CT molecular complexity index is 680. The molecular formula is C16H25N3O3S2. The van der Waals surface area contributed by atoms with E-state index in [1.54, 1.807) is 15.5 Å². The molecule has 6 nitrogen and oxygen atoms in total. The fraction of sp³-hybridized carbons (Fsp3) is 0.688. The predicted molar refractivity (Wildman–Crippen MR) is 95.5 cm³/mol. The summed E-state index contributed by atoms with van der Waals surface area (Å²) in [4.78, 5) is 14.5. The van der Waals surface area contributed by atoms with E-state index in [2.05, 4.69) is 4.90 Å². The summed E-state index contributed by atoms with van der Waals surface area (Å²) >= 11 is 1.48. The fourth-order valence-corrected chi connectivity index (χ4v) is 5.84. The van der Waals surface area contributed by atoms with Crippen molar-refractivity contribution in [1.82, 2.24) is 13.5 Å². The van der Waals surface area contributed by atoms with E-state index in [1.807, 2.05) is 11.4 Å². The van der Waals surface area contributed by atoms with E-state index in [4.69, 9.17) is 0 Å². The van der Waals surface area contributed by atoms with Gasteiger partial charge in [0.05, 0.1) is 4.88 Å². The van der Waals surface area contributed by atoms with Crippen molar-refractivity contribution in [2.75, 3.05) is 39.3 Å². The minimum Gasteiger partial charge on any atom is -0.298 e. The number of hydrogen-bond acceptors (Lipinski definition) is 5. The zero-order valence-electron chi connectivity index (χ0n) is 14.1. The number of Topliss-reactive ketones (excluding diaryl/α,β-unsaturated/α-hetero) is 1. The molecule has 134 valence electrons. The number of ketones is 1. The van der Waals surface area contributed by atoms with Crippen molar-refractivity contribution in [3.05, 3.63) is 21.9 Å². The molecule has 1 aromatic heterocycles. The molecule has 1 aromatic rings. The van der Waals surface area contributed by atoms with E-state index >= 15 is 0 Å². The minimum absolute atomic E-state index is 0.102. The van der Waals surface area contributed by atoms with Crippen LogP contribution in [-0.4, -0.2) is 67.0 Å². The Morgan fingerprint density at radius 2 is 1.71 bits per heavy atom. The van der Waals surface area contributed by atoms with E-state index in [1.165, 1.54) is 11.3 Å². The van der Waals surface area contributed by atoms with Gasteiger partial charge in [-0.05, 0) is 49.7 Å². The summed E-state index contributed by atoms with van der Waals surface area (Å²) in [5.41, 5.74) is 1.14. The highest BCUT2D eigenvalue weighted by Gasteiger charge is 2.32. The number of rotatable bonds is 5. The lowest BCUT2D eigenvalue weighted by molar-refractivity contribution is 0.102. The molecule has 0 aromatic carbocycles. The van der Waals surface area contributed by atoms with E-state index in [0.29, 0.717) is 26.2 Å². The quantitative estimate of drug-likeness (QED) is 0.741. The Balaban J connectivity index is 1.59. The van der Waals surface area contributed by atoms with Crippen molar-refractivity contribution in [3.63, 3.8) is 0 Å². The second-order valence-electron chi connectivity index (χ2n) is 6.52. The fourth-order valence-electron chi connectivity index (χ4n) is 3.32. The summed E-state index contributed by atoms with van der Waals surface area (Å²) < 4.78 is 28.6. The van der Waals surface area contributed by atoms with Gasteiger partial charge in [0.15, 0.2) is 5.78 Å².